The first-order chi connectivity index (χ1) is 17.2. The molecular formula is C28H40ClF2N3O3. The van der Waals surface area contributed by atoms with Gasteiger partial charge in [-0.1, -0.05) is 64.4 Å². The summed E-state index contributed by atoms with van der Waals surface area (Å²) in [5, 5.41) is 17.5. The standard InChI is InChI=1S/C17H17ClF2N2O.C6H11NO2.C5H12/c1-11(14-3-2-4-15(18)17(14)20)8-21-9-12-5-6-13(19)7-16(12)22-10-23;1-6(9)2-5(3-6)7-4-8;1-5(2,3)4/h2-7,10-11,21H,8-9H2,1H3,(H,22,23);4-5,9H,2-3H2,1H3,(H,7,8);1-4H3. The van der Waals surface area contributed by atoms with Crippen LogP contribution in [0.4, 0.5) is 14.5 Å². The van der Waals surface area contributed by atoms with Gasteiger partial charge in [0, 0.05) is 24.8 Å². The molecule has 0 radical (unpaired) electrons. The molecule has 1 unspecified atom stereocenters. The smallest absolute Gasteiger partial charge is 0.211 e. The first kappa shape index (κ1) is 32.5. The summed E-state index contributed by atoms with van der Waals surface area (Å²) < 4.78 is 27.2. The Kier molecular flexibility index (Phi) is 13.2. The van der Waals surface area contributed by atoms with Crippen molar-refractivity contribution in [2.24, 2.45) is 5.41 Å². The summed E-state index contributed by atoms with van der Waals surface area (Å²) in [6.07, 6.45) is 2.56. The molecule has 0 spiro atoms. The third-order valence-corrected chi connectivity index (χ3v) is 5.53. The Morgan fingerprint density at radius 1 is 1.14 bits per heavy atom. The molecule has 1 atom stereocenters. The third-order valence-electron chi connectivity index (χ3n) is 5.24. The van der Waals surface area contributed by atoms with E-state index in [9.17, 15) is 18.4 Å². The van der Waals surface area contributed by atoms with Crippen molar-refractivity contribution in [1.29, 1.82) is 0 Å². The van der Waals surface area contributed by atoms with E-state index >= 15 is 0 Å². The summed E-state index contributed by atoms with van der Waals surface area (Å²) >= 11 is 5.79. The predicted molar refractivity (Wildman–Crippen MR) is 146 cm³/mol. The van der Waals surface area contributed by atoms with Crippen molar-refractivity contribution in [3.63, 3.8) is 0 Å². The first-order valence-corrected chi connectivity index (χ1v) is 12.6. The molecule has 9 heteroatoms. The Morgan fingerprint density at radius 2 is 1.76 bits per heavy atom. The Balaban J connectivity index is 0.000000400. The van der Waals surface area contributed by atoms with E-state index in [-0.39, 0.29) is 17.0 Å². The number of carbonyl (C=O) groups is 2. The zero-order valence-corrected chi connectivity index (χ0v) is 23.3. The van der Waals surface area contributed by atoms with Gasteiger partial charge in [0.15, 0.2) is 0 Å². The number of hydrogen-bond acceptors (Lipinski definition) is 4. The lowest BCUT2D eigenvalue weighted by Gasteiger charge is -2.40. The fourth-order valence-electron chi connectivity index (χ4n) is 3.55. The average Bonchev–Trinajstić information content (AvgIpc) is 2.75. The summed E-state index contributed by atoms with van der Waals surface area (Å²) in [7, 11) is 0. The zero-order chi connectivity index (χ0) is 28.2. The molecule has 1 saturated carbocycles. The number of amides is 2. The predicted octanol–water partition coefficient (Wildman–Crippen LogP) is 5.78. The highest BCUT2D eigenvalue weighted by Crippen LogP contribution is 2.30. The fraction of sp³-hybridized carbons (Fsp3) is 0.500. The highest BCUT2D eigenvalue weighted by atomic mass is 35.5. The molecule has 0 aliphatic heterocycles. The number of anilines is 1. The molecule has 2 aromatic rings. The van der Waals surface area contributed by atoms with Gasteiger partial charge < -0.3 is 21.1 Å². The summed E-state index contributed by atoms with van der Waals surface area (Å²) in [6.45, 7) is 13.3. The number of carbonyl (C=O) groups excluding carboxylic acids is 2. The van der Waals surface area contributed by atoms with Gasteiger partial charge in [0.1, 0.15) is 11.6 Å². The second-order valence-electron chi connectivity index (χ2n) is 11.1. The second kappa shape index (κ2) is 15.0. The normalized spacial score (nSPS) is 19.1. The van der Waals surface area contributed by atoms with Gasteiger partial charge in [-0.15, -0.1) is 0 Å². The van der Waals surface area contributed by atoms with Crippen molar-refractivity contribution in [1.82, 2.24) is 10.6 Å². The molecule has 206 valence electrons. The van der Waals surface area contributed by atoms with Gasteiger partial charge in [0.2, 0.25) is 12.8 Å². The molecule has 1 aliphatic rings. The van der Waals surface area contributed by atoms with E-state index in [2.05, 4.69) is 43.6 Å². The molecule has 1 fully saturated rings. The van der Waals surface area contributed by atoms with Crippen molar-refractivity contribution in [2.75, 3.05) is 11.9 Å². The van der Waals surface area contributed by atoms with Crippen LogP contribution in [0.3, 0.4) is 0 Å². The average molecular weight is 540 g/mol. The van der Waals surface area contributed by atoms with E-state index in [4.69, 9.17) is 16.7 Å². The lowest BCUT2D eigenvalue weighted by Crippen LogP contribution is -2.51. The van der Waals surface area contributed by atoms with Gasteiger partial charge in [-0.25, -0.2) is 8.78 Å². The minimum absolute atomic E-state index is 0.0865. The monoisotopic (exact) mass is 539 g/mol. The van der Waals surface area contributed by atoms with Gasteiger partial charge in [0.05, 0.1) is 10.6 Å². The molecule has 0 heterocycles. The van der Waals surface area contributed by atoms with Crippen molar-refractivity contribution in [3.05, 3.63) is 64.2 Å². The second-order valence-corrected chi connectivity index (χ2v) is 11.5. The first-order valence-electron chi connectivity index (χ1n) is 12.2. The molecule has 4 N–H and O–H groups in total. The lowest BCUT2D eigenvalue weighted by atomic mass is 9.77. The Labute approximate surface area is 224 Å². The van der Waals surface area contributed by atoms with Gasteiger partial charge in [0.25, 0.3) is 0 Å². The number of rotatable bonds is 9. The van der Waals surface area contributed by atoms with Crippen molar-refractivity contribution in [2.45, 2.75) is 78.5 Å². The van der Waals surface area contributed by atoms with Gasteiger partial charge in [-0.05, 0) is 60.4 Å². The van der Waals surface area contributed by atoms with Gasteiger partial charge in [-0.3, -0.25) is 9.59 Å². The van der Waals surface area contributed by atoms with Gasteiger partial charge >= 0.3 is 0 Å². The molecule has 37 heavy (non-hydrogen) atoms. The Bertz CT molecular complexity index is 999. The number of aliphatic hydroxyl groups is 1. The largest absolute Gasteiger partial charge is 0.390 e. The molecular weight excluding hydrogens is 500 g/mol. The number of benzene rings is 2. The molecule has 0 bridgehead atoms. The Morgan fingerprint density at radius 3 is 2.30 bits per heavy atom. The van der Waals surface area contributed by atoms with Crippen molar-refractivity contribution < 1.29 is 23.5 Å². The molecule has 2 amide bonds. The third kappa shape index (κ3) is 13.0. The number of halogens is 3. The maximum Gasteiger partial charge on any atom is 0.211 e. The van der Waals surface area contributed by atoms with E-state index in [1.807, 2.05) is 6.92 Å². The van der Waals surface area contributed by atoms with Crippen LogP contribution >= 0.6 is 11.6 Å². The number of hydrogen-bond donors (Lipinski definition) is 4. The maximum atomic E-state index is 14.0. The number of nitrogens with one attached hydrogen (secondary N) is 3. The van der Waals surface area contributed by atoms with Crippen LogP contribution in [-0.4, -0.2) is 36.1 Å². The quantitative estimate of drug-likeness (QED) is 0.304. The van der Waals surface area contributed by atoms with Crippen molar-refractivity contribution >= 4 is 30.1 Å². The van der Waals surface area contributed by atoms with E-state index in [0.29, 0.717) is 55.4 Å². The topological polar surface area (TPSA) is 90.5 Å². The summed E-state index contributed by atoms with van der Waals surface area (Å²) in [5.74, 6) is -0.919. The van der Waals surface area contributed by atoms with Crippen LogP contribution in [0.25, 0.3) is 0 Å². The van der Waals surface area contributed by atoms with E-state index in [1.54, 1.807) is 25.1 Å². The molecule has 6 nitrogen and oxygen atoms in total. The molecule has 0 saturated heterocycles. The molecule has 0 aromatic heterocycles. The van der Waals surface area contributed by atoms with Gasteiger partial charge in [-0.2, -0.15) is 0 Å². The summed E-state index contributed by atoms with van der Waals surface area (Å²) in [4.78, 5) is 20.4. The van der Waals surface area contributed by atoms with Crippen LogP contribution < -0.4 is 16.0 Å². The van der Waals surface area contributed by atoms with E-state index < -0.39 is 17.2 Å². The molecule has 2 aromatic carbocycles. The Hall–Kier alpha value is -2.55. The minimum Gasteiger partial charge on any atom is -0.390 e. The zero-order valence-electron chi connectivity index (χ0n) is 22.5. The van der Waals surface area contributed by atoms with Crippen LogP contribution in [0.5, 0.6) is 0 Å². The van der Waals surface area contributed by atoms with E-state index in [0.717, 1.165) is 5.56 Å². The fourth-order valence-corrected chi connectivity index (χ4v) is 3.73. The summed E-state index contributed by atoms with van der Waals surface area (Å²) in [6, 6.07) is 9.31. The summed E-state index contributed by atoms with van der Waals surface area (Å²) in [5.41, 5.74) is 1.67. The van der Waals surface area contributed by atoms with Crippen LogP contribution in [0, 0.1) is 17.0 Å². The highest BCUT2D eigenvalue weighted by molar-refractivity contribution is 6.30. The van der Waals surface area contributed by atoms with Crippen LogP contribution in [0.15, 0.2) is 36.4 Å². The van der Waals surface area contributed by atoms with E-state index in [1.165, 1.54) is 18.2 Å². The minimum atomic E-state index is -0.527. The lowest BCUT2D eigenvalue weighted by molar-refractivity contribution is -0.113. The van der Waals surface area contributed by atoms with Crippen LogP contribution in [-0.2, 0) is 16.1 Å². The molecule has 1 aliphatic carbocycles. The molecule has 3 rings (SSSR count). The maximum absolute atomic E-state index is 14.0. The SMILES string of the molecule is CC(C)(C)C.CC(CNCc1ccc(F)cc1NC=O)c1cccc(Cl)c1F.CC1(O)CC(NC=O)C1. The van der Waals surface area contributed by atoms with Crippen LogP contribution in [0.2, 0.25) is 5.02 Å². The van der Waals surface area contributed by atoms with Crippen LogP contribution in [0.1, 0.15) is 71.4 Å². The highest BCUT2D eigenvalue weighted by Gasteiger charge is 2.37. The van der Waals surface area contributed by atoms with Crippen molar-refractivity contribution in [3.8, 4) is 0 Å².